The number of benzene rings is 1. The van der Waals surface area contributed by atoms with Crippen LogP contribution in [0, 0.1) is 17.8 Å². The Morgan fingerprint density at radius 3 is 1.38 bits per heavy atom. The Bertz CT molecular complexity index is 1860. The van der Waals surface area contributed by atoms with E-state index in [-0.39, 0.29) is 47.0 Å². The molecule has 0 saturated carbocycles. The van der Waals surface area contributed by atoms with Crippen molar-refractivity contribution in [1.82, 2.24) is 14.9 Å². The molecule has 3 amide bonds. The summed E-state index contributed by atoms with van der Waals surface area (Å²) in [6, 6.07) is 0. The molecular weight excluding hydrogens is 915 g/mol. The van der Waals surface area contributed by atoms with Crippen LogP contribution in [0.25, 0.3) is 0 Å². The molecule has 4 rings (SSSR count). The van der Waals surface area contributed by atoms with Gasteiger partial charge in [-0.15, -0.1) is 0 Å². The minimum atomic E-state index is -0.736. The maximum absolute atomic E-state index is 14.5. The molecule has 1 aromatic rings. The summed E-state index contributed by atoms with van der Waals surface area (Å²) in [5.41, 5.74) is -0.0923. The van der Waals surface area contributed by atoms with Gasteiger partial charge in [0, 0.05) is 26.2 Å². The summed E-state index contributed by atoms with van der Waals surface area (Å²) < 4.78 is 19.8. The van der Waals surface area contributed by atoms with Crippen LogP contribution in [0.5, 0.6) is 11.5 Å². The highest BCUT2D eigenvalue weighted by Crippen LogP contribution is 2.69. The number of thioether (sulfide) groups is 4. The minimum absolute atomic E-state index is 0.0342. The predicted octanol–water partition coefficient (Wildman–Crippen LogP) is 12.6. The van der Waals surface area contributed by atoms with Gasteiger partial charge in [-0.1, -0.05) is 160 Å². The van der Waals surface area contributed by atoms with Gasteiger partial charge in [-0.3, -0.25) is 24.0 Å². The first-order valence-electron chi connectivity index (χ1n) is 24.8. The molecule has 12 nitrogen and oxygen atoms in total. The van der Waals surface area contributed by atoms with Gasteiger partial charge in [0.25, 0.3) is 17.7 Å². The second-order valence-corrected chi connectivity index (χ2v) is 21.7. The third-order valence-corrected chi connectivity index (χ3v) is 17.6. The molecule has 368 valence electrons. The third-order valence-electron chi connectivity index (χ3n) is 12.4. The van der Waals surface area contributed by atoms with E-state index < -0.39 is 35.7 Å². The van der Waals surface area contributed by atoms with Crippen LogP contribution < -0.4 is 9.47 Å². The Balaban J connectivity index is 2.02. The number of nitrogens with zero attached hydrogens (tertiary/aromatic N) is 3. The Labute approximate surface area is 411 Å². The van der Waals surface area contributed by atoms with Crippen LogP contribution in [0.15, 0.2) is 39.2 Å². The van der Waals surface area contributed by atoms with Crippen LogP contribution >= 0.6 is 47.0 Å². The number of rotatable bonds is 28. The summed E-state index contributed by atoms with van der Waals surface area (Å²) >= 11 is 4.57. The zero-order chi connectivity index (χ0) is 48.5. The molecule has 3 aliphatic heterocycles. The lowest BCUT2D eigenvalue weighted by molar-refractivity contribution is -0.147. The topological polar surface area (TPSA) is 140 Å². The Morgan fingerprint density at radius 2 is 0.985 bits per heavy atom. The number of hydrazine groups is 1. The van der Waals surface area contributed by atoms with Crippen molar-refractivity contribution >= 4 is 82.7 Å². The average molecular weight is 990 g/mol. The van der Waals surface area contributed by atoms with Crippen molar-refractivity contribution < 1.29 is 43.0 Å². The predicted molar refractivity (Wildman–Crippen MR) is 267 cm³/mol. The van der Waals surface area contributed by atoms with E-state index >= 15 is 0 Å². The number of amides is 3. The van der Waals surface area contributed by atoms with E-state index in [4.69, 9.17) is 14.2 Å². The molecule has 1 aromatic carbocycles. The van der Waals surface area contributed by atoms with E-state index in [1.54, 1.807) is 14.9 Å². The number of likely N-dealkylation sites (N-methyl/N-ethyl adjacent to an activating group) is 1. The molecule has 3 unspecified atom stereocenters. The first kappa shape index (κ1) is 55.5. The normalized spacial score (nSPS) is 15.8. The Hall–Kier alpha value is -3.08. The first-order chi connectivity index (χ1) is 31.8. The zero-order valence-electron chi connectivity index (χ0n) is 41.2. The van der Waals surface area contributed by atoms with E-state index in [0.29, 0.717) is 79.9 Å². The number of hydrogen-bond acceptors (Lipinski definition) is 13. The fourth-order valence-corrected chi connectivity index (χ4v) is 13.4. The maximum atomic E-state index is 14.5. The molecule has 3 heterocycles. The molecule has 0 spiro atoms. The second kappa shape index (κ2) is 27.8. The van der Waals surface area contributed by atoms with Gasteiger partial charge in [-0.05, 0) is 64.7 Å². The van der Waals surface area contributed by atoms with Crippen molar-refractivity contribution in [2.45, 2.75) is 192 Å². The molecule has 16 heteroatoms. The Morgan fingerprint density at radius 1 is 0.561 bits per heavy atom. The lowest BCUT2D eigenvalue weighted by atomic mass is 10.00. The molecule has 0 N–H and O–H groups in total. The molecule has 3 aliphatic rings. The second-order valence-electron chi connectivity index (χ2n) is 17.1. The molecular formula is C50H75N3O9S4. The summed E-state index contributed by atoms with van der Waals surface area (Å²) in [7, 11) is 0. The molecule has 0 aromatic heterocycles. The van der Waals surface area contributed by atoms with E-state index in [1.165, 1.54) is 0 Å². The molecule has 1 fully saturated rings. The van der Waals surface area contributed by atoms with Gasteiger partial charge < -0.3 is 19.1 Å². The molecule has 0 radical (unpaired) electrons. The lowest BCUT2D eigenvalue weighted by Crippen LogP contribution is -2.42. The highest BCUT2D eigenvalue weighted by atomic mass is 32.2. The zero-order valence-corrected chi connectivity index (χ0v) is 44.5. The SMILES string of the molecule is CCCCC(CC)COC(=O)C(C(=O)N(CC)CC)=C1Sc2c(OC(=O)C(CC)CCCC)c3c(c(OC(=O)C(CC)CCCC)c2S1)SC(=C1C(=O)N(CCCC)N(CCCC)C1=O)S3. The fraction of sp³-hybridized carbons (Fsp3) is 0.680. The molecule has 1 saturated heterocycles. The Kier molecular flexibility index (Phi) is 23.4. The van der Waals surface area contributed by atoms with Gasteiger partial charge in [-0.2, -0.15) is 0 Å². The monoisotopic (exact) mass is 989 g/mol. The number of ether oxygens (including phenoxy) is 3. The number of esters is 3. The van der Waals surface area contributed by atoms with E-state index in [2.05, 4.69) is 27.7 Å². The fourth-order valence-electron chi connectivity index (χ4n) is 7.93. The van der Waals surface area contributed by atoms with Crippen LogP contribution in [0.2, 0.25) is 0 Å². The quantitative estimate of drug-likeness (QED) is 0.0259. The summed E-state index contributed by atoms with van der Waals surface area (Å²) in [5.74, 6) is -3.15. The maximum Gasteiger partial charge on any atom is 0.345 e. The first-order valence-corrected chi connectivity index (χ1v) is 28.1. The van der Waals surface area contributed by atoms with Crippen molar-refractivity contribution in [3.63, 3.8) is 0 Å². The number of unbranched alkanes of at least 4 members (excludes halogenated alkanes) is 5. The number of carbonyl (C=O) groups excluding carboxylic acids is 6. The molecule has 66 heavy (non-hydrogen) atoms. The number of hydrogen-bond donors (Lipinski definition) is 0. The minimum Gasteiger partial charge on any atom is -0.462 e. The van der Waals surface area contributed by atoms with Crippen molar-refractivity contribution in [3.8, 4) is 11.5 Å². The van der Waals surface area contributed by atoms with E-state index in [0.717, 1.165) is 124 Å². The van der Waals surface area contributed by atoms with E-state index in [9.17, 15) is 28.8 Å². The largest absolute Gasteiger partial charge is 0.462 e. The molecule has 3 atom stereocenters. The highest BCUT2D eigenvalue weighted by molar-refractivity contribution is 8.26. The average Bonchev–Trinajstić information content (AvgIpc) is 4.01. The van der Waals surface area contributed by atoms with Gasteiger partial charge in [-0.25, -0.2) is 14.8 Å². The standard InChI is InChI=1S/C50H75N3O9S4/c1-11-21-26-32(16-6)31-60-48(59)36(43(54)51(19-9)20-10)50-65-41-37(61-46(57)33(17-7)27-22-12-2)39-40(38(42(41)66-50)62-47(58)34(18-8)28-23-13-3)64-49(63-39)35-44(55)52(29-24-14-4)53(45(35)56)30-25-15-5/h32-34H,11-31H2,1-10H3. The summed E-state index contributed by atoms with van der Waals surface area (Å²) in [6.07, 6.45) is 12.7. The molecule has 0 bridgehead atoms. The van der Waals surface area contributed by atoms with Crippen LogP contribution in [0.3, 0.4) is 0 Å². The smallest absolute Gasteiger partial charge is 0.345 e. The van der Waals surface area contributed by atoms with Crippen LogP contribution in [0.4, 0.5) is 0 Å². The van der Waals surface area contributed by atoms with Crippen LogP contribution in [-0.4, -0.2) is 83.3 Å². The van der Waals surface area contributed by atoms with E-state index in [1.807, 2.05) is 41.5 Å². The van der Waals surface area contributed by atoms with Crippen molar-refractivity contribution in [2.24, 2.45) is 17.8 Å². The van der Waals surface area contributed by atoms with Gasteiger partial charge in [0.05, 0.1) is 46.5 Å². The van der Waals surface area contributed by atoms with Gasteiger partial charge in [0.2, 0.25) is 0 Å². The van der Waals surface area contributed by atoms with Crippen molar-refractivity contribution in [3.05, 3.63) is 19.6 Å². The summed E-state index contributed by atoms with van der Waals surface area (Å²) in [6.45, 7) is 21.7. The van der Waals surface area contributed by atoms with Gasteiger partial charge >= 0.3 is 17.9 Å². The summed E-state index contributed by atoms with van der Waals surface area (Å²) in [5, 5.41) is 3.11. The van der Waals surface area contributed by atoms with Gasteiger partial charge in [0.1, 0.15) is 11.1 Å². The summed E-state index contributed by atoms with van der Waals surface area (Å²) in [4.78, 5) is 89.4. The number of carbonyl (C=O) groups is 6. The lowest BCUT2D eigenvalue weighted by Gasteiger charge is -2.27. The third kappa shape index (κ3) is 13.4. The van der Waals surface area contributed by atoms with Crippen LogP contribution in [0.1, 0.15) is 172 Å². The molecule has 0 aliphatic carbocycles. The number of fused-ring (bicyclic) bond motifs is 2. The van der Waals surface area contributed by atoms with Gasteiger partial charge in [0.15, 0.2) is 11.5 Å². The van der Waals surface area contributed by atoms with Crippen molar-refractivity contribution in [1.29, 1.82) is 0 Å². The highest BCUT2D eigenvalue weighted by Gasteiger charge is 2.47. The van der Waals surface area contributed by atoms with Crippen molar-refractivity contribution in [2.75, 3.05) is 32.8 Å². The van der Waals surface area contributed by atoms with Crippen LogP contribution in [-0.2, 0) is 33.5 Å².